The molecule has 0 aromatic carbocycles. The summed E-state index contributed by atoms with van der Waals surface area (Å²) in [7, 11) is 1.81. The van der Waals surface area contributed by atoms with Crippen molar-refractivity contribution in [3.8, 4) is 0 Å². The van der Waals surface area contributed by atoms with Gasteiger partial charge in [0.05, 0.1) is 0 Å². The number of rotatable bonds is 2. The van der Waals surface area contributed by atoms with Crippen LogP contribution in [0, 0.1) is 0 Å². The van der Waals surface area contributed by atoms with Crippen LogP contribution in [0.3, 0.4) is 0 Å². The van der Waals surface area contributed by atoms with Crippen molar-refractivity contribution in [1.29, 1.82) is 0 Å². The number of halogens is 2. The minimum Gasteiger partial charge on any atom is -0.315 e. The van der Waals surface area contributed by atoms with Crippen molar-refractivity contribution in [3.05, 3.63) is 22.2 Å². The van der Waals surface area contributed by atoms with Gasteiger partial charge in [0.1, 0.15) is 16.6 Å². The smallest absolute Gasteiger partial charge is 0.138 e. The van der Waals surface area contributed by atoms with Crippen LogP contribution >= 0.6 is 23.2 Å². The Morgan fingerprint density at radius 1 is 1.36 bits per heavy atom. The molecule has 1 aromatic rings. The quantitative estimate of drug-likeness (QED) is 0.721. The van der Waals surface area contributed by atoms with Gasteiger partial charge in [0, 0.05) is 12.1 Å². The molecule has 0 amide bonds. The van der Waals surface area contributed by atoms with Crippen LogP contribution in [-0.2, 0) is 6.54 Å². The molecule has 0 saturated carbocycles. The highest BCUT2D eigenvalue weighted by Crippen LogP contribution is 2.18. The van der Waals surface area contributed by atoms with Crippen molar-refractivity contribution in [2.45, 2.75) is 6.54 Å². The summed E-state index contributed by atoms with van der Waals surface area (Å²) in [6.45, 7) is 0.582. The second-order valence-corrected chi connectivity index (χ2v) is 2.68. The van der Waals surface area contributed by atoms with E-state index in [1.165, 1.54) is 6.33 Å². The van der Waals surface area contributed by atoms with E-state index in [4.69, 9.17) is 23.2 Å². The SMILES string of the molecule is CNCc1c(Cl)ncnc1Cl. The van der Waals surface area contributed by atoms with Crippen LogP contribution in [0.15, 0.2) is 6.33 Å². The minimum absolute atomic E-state index is 0.402. The lowest BCUT2D eigenvalue weighted by atomic mass is 10.3. The minimum atomic E-state index is 0.402. The van der Waals surface area contributed by atoms with Crippen molar-refractivity contribution in [3.63, 3.8) is 0 Å². The fourth-order valence-electron chi connectivity index (χ4n) is 0.694. The lowest BCUT2D eigenvalue weighted by Gasteiger charge is -2.02. The summed E-state index contributed by atoms with van der Waals surface area (Å²) in [6.07, 6.45) is 1.34. The first kappa shape index (κ1) is 8.71. The van der Waals surface area contributed by atoms with Gasteiger partial charge in [0.2, 0.25) is 0 Å². The molecule has 1 rings (SSSR count). The largest absolute Gasteiger partial charge is 0.315 e. The van der Waals surface area contributed by atoms with Crippen molar-refractivity contribution in [2.75, 3.05) is 7.05 Å². The van der Waals surface area contributed by atoms with E-state index in [2.05, 4.69) is 15.3 Å². The van der Waals surface area contributed by atoms with Crippen LogP contribution in [0.1, 0.15) is 5.56 Å². The molecule has 11 heavy (non-hydrogen) atoms. The Kier molecular flexibility index (Phi) is 3.05. The molecule has 0 radical (unpaired) electrons. The van der Waals surface area contributed by atoms with Crippen molar-refractivity contribution in [1.82, 2.24) is 15.3 Å². The first-order chi connectivity index (χ1) is 5.25. The van der Waals surface area contributed by atoms with E-state index >= 15 is 0 Å². The monoisotopic (exact) mass is 191 g/mol. The second-order valence-electron chi connectivity index (χ2n) is 1.96. The molecule has 0 unspecified atom stereocenters. The maximum absolute atomic E-state index is 5.73. The van der Waals surface area contributed by atoms with Crippen molar-refractivity contribution in [2.24, 2.45) is 0 Å². The summed E-state index contributed by atoms with van der Waals surface area (Å²) in [5, 5.41) is 3.72. The first-order valence-electron chi connectivity index (χ1n) is 3.05. The predicted octanol–water partition coefficient (Wildman–Crippen LogP) is 1.50. The van der Waals surface area contributed by atoms with E-state index in [-0.39, 0.29) is 0 Å². The Morgan fingerprint density at radius 2 is 1.91 bits per heavy atom. The average molecular weight is 192 g/mol. The number of hydrogen-bond donors (Lipinski definition) is 1. The molecule has 0 fully saturated rings. The first-order valence-corrected chi connectivity index (χ1v) is 3.80. The van der Waals surface area contributed by atoms with E-state index in [0.717, 1.165) is 5.56 Å². The zero-order chi connectivity index (χ0) is 8.27. The molecule has 0 spiro atoms. The summed E-state index contributed by atoms with van der Waals surface area (Å²) in [5.41, 5.74) is 0.735. The summed E-state index contributed by atoms with van der Waals surface area (Å²) in [5.74, 6) is 0. The molecular formula is C6H7Cl2N3. The number of aromatic nitrogens is 2. The molecule has 1 heterocycles. The van der Waals surface area contributed by atoms with Crippen LogP contribution in [0.25, 0.3) is 0 Å². The Labute approximate surface area is 74.8 Å². The molecule has 1 aromatic heterocycles. The summed E-state index contributed by atoms with van der Waals surface area (Å²) in [4.78, 5) is 7.58. The van der Waals surface area contributed by atoms with Gasteiger partial charge in [0.25, 0.3) is 0 Å². The van der Waals surface area contributed by atoms with E-state index in [9.17, 15) is 0 Å². The average Bonchev–Trinajstić information content (AvgIpc) is 1.97. The lowest BCUT2D eigenvalue weighted by Crippen LogP contribution is -2.07. The van der Waals surface area contributed by atoms with E-state index < -0.39 is 0 Å². The van der Waals surface area contributed by atoms with Gasteiger partial charge in [-0.3, -0.25) is 0 Å². The molecule has 0 atom stereocenters. The van der Waals surface area contributed by atoms with Crippen LogP contribution < -0.4 is 5.32 Å². The zero-order valence-corrected chi connectivity index (χ0v) is 7.45. The van der Waals surface area contributed by atoms with Crippen molar-refractivity contribution < 1.29 is 0 Å². The molecule has 5 heteroatoms. The summed E-state index contributed by atoms with van der Waals surface area (Å²) < 4.78 is 0. The highest BCUT2D eigenvalue weighted by molar-refractivity contribution is 6.34. The van der Waals surface area contributed by atoms with Gasteiger partial charge >= 0.3 is 0 Å². The topological polar surface area (TPSA) is 37.8 Å². The maximum Gasteiger partial charge on any atom is 0.138 e. The van der Waals surface area contributed by atoms with Crippen LogP contribution in [-0.4, -0.2) is 17.0 Å². The highest BCUT2D eigenvalue weighted by atomic mass is 35.5. The molecule has 0 aliphatic heterocycles. The van der Waals surface area contributed by atoms with Crippen LogP contribution in [0.4, 0.5) is 0 Å². The molecule has 0 aliphatic carbocycles. The van der Waals surface area contributed by atoms with Crippen molar-refractivity contribution >= 4 is 23.2 Å². The maximum atomic E-state index is 5.73. The fraction of sp³-hybridized carbons (Fsp3) is 0.333. The normalized spacial score (nSPS) is 10.1. The lowest BCUT2D eigenvalue weighted by molar-refractivity contribution is 0.807. The molecular weight excluding hydrogens is 185 g/mol. The standard InChI is InChI=1S/C6H7Cl2N3/c1-9-2-4-5(7)10-3-11-6(4)8/h3,9H,2H2,1H3. The molecule has 0 bridgehead atoms. The molecule has 3 nitrogen and oxygen atoms in total. The summed E-state index contributed by atoms with van der Waals surface area (Å²) >= 11 is 11.5. The zero-order valence-electron chi connectivity index (χ0n) is 5.93. The number of nitrogens with one attached hydrogen (secondary N) is 1. The molecule has 0 saturated heterocycles. The van der Waals surface area contributed by atoms with Gasteiger partial charge in [-0.25, -0.2) is 9.97 Å². The molecule has 0 aliphatic rings. The van der Waals surface area contributed by atoms with Gasteiger partial charge in [-0.05, 0) is 7.05 Å². The Morgan fingerprint density at radius 3 is 2.36 bits per heavy atom. The molecule has 1 N–H and O–H groups in total. The van der Waals surface area contributed by atoms with E-state index in [1.807, 2.05) is 0 Å². The van der Waals surface area contributed by atoms with Gasteiger partial charge in [-0.1, -0.05) is 23.2 Å². The second kappa shape index (κ2) is 3.85. The third-order valence-corrected chi connectivity index (χ3v) is 1.85. The van der Waals surface area contributed by atoms with E-state index in [1.54, 1.807) is 7.05 Å². The van der Waals surface area contributed by atoms with E-state index in [0.29, 0.717) is 16.9 Å². The van der Waals surface area contributed by atoms with Crippen LogP contribution in [0.5, 0.6) is 0 Å². The van der Waals surface area contributed by atoms with Gasteiger partial charge < -0.3 is 5.32 Å². The fourth-order valence-corrected chi connectivity index (χ4v) is 1.14. The number of nitrogens with zero attached hydrogens (tertiary/aromatic N) is 2. The highest BCUT2D eigenvalue weighted by Gasteiger charge is 2.05. The van der Waals surface area contributed by atoms with Crippen LogP contribution in [0.2, 0.25) is 10.3 Å². The van der Waals surface area contributed by atoms with Gasteiger partial charge in [-0.15, -0.1) is 0 Å². The third-order valence-electron chi connectivity index (χ3n) is 1.19. The Bertz CT molecular complexity index is 231. The van der Waals surface area contributed by atoms with Gasteiger partial charge in [-0.2, -0.15) is 0 Å². The predicted molar refractivity (Wildman–Crippen MR) is 44.8 cm³/mol. The summed E-state index contributed by atoms with van der Waals surface area (Å²) in [6, 6.07) is 0. The van der Waals surface area contributed by atoms with Gasteiger partial charge in [0.15, 0.2) is 0 Å². The Hall–Kier alpha value is -0.380. The molecule has 60 valence electrons. The third kappa shape index (κ3) is 2.02. The number of hydrogen-bond acceptors (Lipinski definition) is 3. The Balaban J connectivity index is 3.00.